The van der Waals surface area contributed by atoms with E-state index in [1.165, 1.54) is 17.3 Å². The molecule has 0 bridgehead atoms. The Kier molecular flexibility index (Phi) is 7.65. The molecule has 34 heavy (non-hydrogen) atoms. The third-order valence-corrected chi connectivity index (χ3v) is 6.63. The quantitative estimate of drug-likeness (QED) is 0.294. The Morgan fingerprint density at radius 1 is 1.00 bits per heavy atom. The second kappa shape index (κ2) is 11.0. The monoisotopic (exact) mass is 472 g/mol. The first-order valence-electron chi connectivity index (χ1n) is 11.3. The lowest BCUT2D eigenvalue weighted by Gasteiger charge is -2.12. The van der Waals surface area contributed by atoms with Crippen LogP contribution in [0.4, 0.5) is 5.69 Å². The first-order chi connectivity index (χ1) is 16.6. The molecular formula is C27H28N4O2S. The summed E-state index contributed by atoms with van der Waals surface area (Å²) in [5.74, 6) is 2.12. The van der Waals surface area contributed by atoms with Gasteiger partial charge in [-0.15, -0.1) is 10.2 Å². The number of rotatable bonds is 9. The van der Waals surface area contributed by atoms with E-state index in [-0.39, 0.29) is 11.7 Å². The number of hydrogen-bond acceptors (Lipinski definition) is 5. The minimum atomic E-state index is -0.0909. The van der Waals surface area contributed by atoms with Crippen LogP contribution in [-0.4, -0.2) is 33.5 Å². The zero-order valence-corrected chi connectivity index (χ0v) is 20.4. The van der Waals surface area contributed by atoms with Gasteiger partial charge in [0.2, 0.25) is 5.91 Å². The summed E-state index contributed by atoms with van der Waals surface area (Å²) in [6.07, 6.45) is 1.09. The first-order valence-corrected chi connectivity index (χ1v) is 12.3. The summed E-state index contributed by atoms with van der Waals surface area (Å²) in [5, 5.41) is 12.4. The van der Waals surface area contributed by atoms with Crippen LogP contribution in [0.2, 0.25) is 0 Å². The Hall–Kier alpha value is -3.58. The largest absolute Gasteiger partial charge is 0.497 e. The lowest BCUT2D eigenvalue weighted by molar-refractivity contribution is -0.113. The number of methoxy groups -OCH3 is 1. The average Bonchev–Trinajstić information content (AvgIpc) is 3.32. The van der Waals surface area contributed by atoms with E-state index in [0.717, 1.165) is 29.1 Å². The second-order valence-electron chi connectivity index (χ2n) is 7.97. The van der Waals surface area contributed by atoms with E-state index < -0.39 is 0 Å². The molecule has 6 nitrogen and oxygen atoms in total. The predicted molar refractivity (Wildman–Crippen MR) is 138 cm³/mol. The van der Waals surface area contributed by atoms with Crippen LogP contribution in [0.1, 0.15) is 31.7 Å². The van der Waals surface area contributed by atoms with Crippen molar-refractivity contribution in [3.63, 3.8) is 0 Å². The van der Waals surface area contributed by atoms with Gasteiger partial charge in [0.25, 0.3) is 0 Å². The molecule has 4 aromatic rings. The highest BCUT2D eigenvalue weighted by molar-refractivity contribution is 7.99. The first kappa shape index (κ1) is 23.6. The number of amides is 1. The molecule has 1 N–H and O–H groups in total. The minimum absolute atomic E-state index is 0.0909. The van der Waals surface area contributed by atoms with E-state index in [2.05, 4.69) is 41.5 Å². The number of carbonyl (C=O) groups excluding carboxylic acids is 1. The van der Waals surface area contributed by atoms with Gasteiger partial charge in [-0.05, 0) is 54.3 Å². The summed E-state index contributed by atoms with van der Waals surface area (Å²) in [6, 6.07) is 25.7. The van der Waals surface area contributed by atoms with E-state index in [1.54, 1.807) is 7.11 Å². The summed E-state index contributed by atoms with van der Waals surface area (Å²) >= 11 is 1.35. The SMILES string of the molecule is CCC(C)c1ccc(NC(=O)CSc2nnc(-c3ccccc3)n2-c2ccc(OC)cc2)cc1. The van der Waals surface area contributed by atoms with Crippen LogP contribution in [0.5, 0.6) is 5.75 Å². The Labute approximate surface area is 204 Å². The number of hydrogen-bond donors (Lipinski definition) is 1. The number of aromatic nitrogens is 3. The van der Waals surface area contributed by atoms with Crippen LogP contribution in [0.15, 0.2) is 84.0 Å². The summed E-state index contributed by atoms with van der Waals surface area (Å²) in [6.45, 7) is 4.37. The van der Waals surface area contributed by atoms with Crippen molar-refractivity contribution >= 4 is 23.4 Å². The number of ether oxygens (including phenoxy) is 1. The maximum Gasteiger partial charge on any atom is 0.234 e. The van der Waals surface area contributed by atoms with Crippen LogP contribution in [0.3, 0.4) is 0 Å². The molecule has 1 heterocycles. The van der Waals surface area contributed by atoms with E-state index in [1.807, 2.05) is 71.3 Å². The number of benzene rings is 3. The summed E-state index contributed by atoms with van der Waals surface area (Å²) in [5.41, 5.74) is 3.91. The van der Waals surface area contributed by atoms with E-state index >= 15 is 0 Å². The molecule has 1 atom stereocenters. The normalized spacial score (nSPS) is 11.7. The summed E-state index contributed by atoms with van der Waals surface area (Å²) < 4.78 is 7.26. The van der Waals surface area contributed by atoms with Crippen molar-refractivity contribution in [2.24, 2.45) is 0 Å². The minimum Gasteiger partial charge on any atom is -0.497 e. The van der Waals surface area contributed by atoms with Crippen molar-refractivity contribution < 1.29 is 9.53 Å². The Morgan fingerprint density at radius 3 is 2.35 bits per heavy atom. The Morgan fingerprint density at radius 2 is 1.71 bits per heavy atom. The molecule has 0 saturated heterocycles. The topological polar surface area (TPSA) is 69.0 Å². The van der Waals surface area contributed by atoms with Crippen LogP contribution in [0.25, 0.3) is 17.1 Å². The number of nitrogens with zero attached hydrogens (tertiary/aromatic N) is 3. The highest BCUT2D eigenvalue weighted by Crippen LogP contribution is 2.29. The summed E-state index contributed by atoms with van der Waals surface area (Å²) in [4.78, 5) is 12.7. The smallest absolute Gasteiger partial charge is 0.234 e. The van der Waals surface area contributed by atoms with Crippen LogP contribution in [-0.2, 0) is 4.79 Å². The Balaban J connectivity index is 1.52. The number of carbonyl (C=O) groups is 1. The van der Waals surface area contributed by atoms with Crippen molar-refractivity contribution in [2.75, 3.05) is 18.2 Å². The third-order valence-electron chi connectivity index (χ3n) is 5.70. The zero-order chi connectivity index (χ0) is 23.9. The fraction of sp³-hybridized carbons (Fsp3) is 0.222. The van der Waals surface area contributed by atoms with Crippen LogP contribution >= 0.6 is 11.8 Å². The van der Waals surface area contributed by atoms with Crippen molar-refractivity contribution in [1.29, 1.82) is 0 Å². The Bertz CT molecular complexity index is 1220. The molecule has 3 aromatic carbocycles. The van der Waals surface area contributed by atoms with Gasteiger partial charge in [-0.25, -0.2) is 0 Å². The van der Waals surface area contributed by atoms with Crippen molar-refractivity contribution in [3.8, 4) is 22.8 Å². The number of anilines is 1. The van der Waals surface area contributed by atoms with Gasteiger partial charge in [-0.2, -0.15) is 0 Å². The molecule has 1 aromatic heterocycles. The molecule has 0 aliphatic rings. The van der Waals surface area contributed by atoms with Gasteiger partial charge in [0.05, 0.1) is 12.9 Å². The standard InChI is InChI=1S/C27H28N4O2S/c1-4-19(2)20-10-12-22(13-11-20)28-25(32)18-34-27-30-29-26(21-8-6-5-7-9-21)31(27)23-14-16-24(33-3)17-15-23/h5-17,19H,4,18H2,1-3H3,(H,28,32). The van der Waals surface area contributed by atoms with Gasteiger partial charge in [-0.3, -0.25) is 9.36 Å². The zero-order valence-electron chi connectivity index (χ0n) is 19.6. The number of nitrogens with one attached hydrogen (secondary N) is 1. The van der Waals surface area contributed by atoms with Crippen LogP contribution < -0.4 is 10.1 Å². The van der Waals surface area contributed by atoms with Gasteiger partial charge >= 0.3 is 0 Å². The molecule has 0 radical (unpaired) electrons. The van der Waals surface area contributed by atoms with Gasteiger partial charge < -0.3 is 10.1 Å². The maximum absolute atomic E-state index is 12.7. The average molecular weight is 473 g/mol. The molecule has 0 spiro atoms. The van der Waals surface area contributed by atoms with E-state index in [0.29, 0.717) is 16.9 Å². The second-order valence-corrected chi connectivity index (χ2v) is 8.92. The lowest BCUT2D eigenvalue weighted by atomic mass is 9.99. The molecule has 0 aliphatic carbocycles. The van der Waals surface area contributed by atoms with Gasteiger partial charge in [-0.1, -0.05) is 68.1 Å². The molecule has 1 amide bonds. The van der Waals surface area contributed by atoms with Gasteiger partial charge in [0.1, 0.15) is 5.75 Å². The molecule has 0 saturated carbocycles. The van der Waals surface area contributed by atoms with Crippen molar-refractivity contribution in [3.05, 3.63) is 84.4 Å². The van der Waals surface area contributed by atoms with Gasteiger partial charge in [0, 0.05) is 16.9 Å². The fourth-order valence-corrected chi connectivity index (χ4v) is 4.31. The fourth-order valence-electron chi connectivity index (χ4n) is 3.56. The van der Waals surface area contributed by atoms with E-state index in [4.69, 9.17) is 4.74 Å². The lowest BCUT2D eigenvalue weighted by Crippen LogP contribution is -2.14. The highest BCUT2D eigenvalue weighted by Gasteiger charge is 2.17. The molecule has 1 unspecified atom stereocenters. The maximum atomic E-state index is 12.7. The highest BCUT2D eigenvalue weighted by atomic mass is 32.2. The van der Waals surface area contributed by atoms with Crippen molar-refractivity contribution in [2.45, 2.75) is 31.3 Å². The molecule has 0 fully saturated rings. The molecule has 0 aliphatic heterocycles. The number of thioether (sulfide) groups is 1. The summed E-state index contributed by atoms with van der Waals surface area (Å²) in [7, 11) is 1.64. The third kappa shape index (κ3) is 5.48. The van der Waals surface area contributed by atoms with Crippen molar-refractivity contribution in [1.82, 2.24) is 14.8 Å². The molecular weight excluding hydrogens is 444 g/mol. The van der Waals surface area contributed by atoms with E-state index in [9.17, 15) is 4.79 Å². The molecule has 174 valence electrons. The van der Waals surface area contributed by atoms with Gasteiger partial charge in [0.15, 0.2) is 11.0 Å². The molecule has 7 heteroatoms. The predicted octanol–water partition coefficient (Wildman–Crippen LogP) is 6.19. The molecule has 4 rings (SSSR count). The van der Waals surface area contributed by atoms with Crippen LogP contribution in [0, 0.1) is 0 Å².